The number of benzene rings is 1. The van der Waals surface area contributed by atoms with Crippen molar-refractivity contribution in [1.82, 2.24) is 4.98 Å². The summed E-state index contributed by atoms with van der Waals surface area (Å²) in [5.74, 6) is 1.69. The monoisotopic (exact) mass is 383 g/mol. The van der Waals surface area contributed by atoms with Gasteiger partial charge in [0.05, 0.1) is 5.54 Å². The molecule has 2 aliphatic heterocycles. The van der Waals surface area contributed by atoms with E-state index in [9.17, 15) is 4.39 Å². The van der Waals surface area contributed by atoms with Crippen LogP contribution in [0.1, 0.15) is 37.7 Å². The standard InChI is InChI=1S/C21H22FN3OS/c22-19-14(4-3-10-24-19)13-7-8-18-16(12-13)21(9-11-27-20(23)25-21)15-5-1-2-6-17(15)26-18/h3-4,7-8,10,12,15,17H,1-2,5-6,9,11H2,(H2,23,25)/t15-,17-,21?/m0/s1. The Kier molecular flexibility index (Phi) is 4.11. The predicted molar refractivity (Wildman–Crippen MR) is 106 cm³/mol. The van der Waals surface area contributed by atoms with Crippen LogP contribution in [0.4, 0.5) is 4.39 Å². The van der Waals surface area contributed by atoms with E-state index in [0.717, 1.165) is 41.9 Å². The lowest BCUT2D eigenvalue weighted by atomic mass is 9.66. The van der Waals surface area contributed by atoms with Crippen LogP contribution < -0.4 is 10.5 Å². The zero-order chi connectivity index (χ0) is 18.4. The number of hydrogen-bond donors (Lipinski definition) is 1. The van der Waals surface area contributed by atoms with Crippen molar-refractivity contribution in [2.24, 2.45) is 16.6 Å². The molecule has 2 N–H and O–H groups in total. The summed E-state index contributed by atoms with van der Waals surface area (Å²) in [5, 5.41) is 0.649. The van der Waals surface area contributed by atoms with Crippen LogP contribution in [0.15, 0.2) is 41.5 Å². The number of halogens is 1. The highest BCUT2D eigenvalue weighted by Crippen LogP contribution is 2.54. The first-order valence-corrected chi connectivity index (χ1v) is 10.6. The molecule has 0 radical (unpaired) electrons. The van der Waals surface area contributed by atoms with Crippen molar-refractivity contribution >= 4 is 16.9 Å². The van der Waals surface area contributed by atoms with Gasteiger partial charge in [0.1, 0.15) is 11.9 Å². The highest BCUT2D eigenvalue weighted by molar-refractivity contribution is 8.13. The van der Waals surface area contributed by atoms with Crippen LogP contribution in [0, 0.1) is 11.9 Å². The van der Waals surface area contributed by atoms with Crippen molar-refractivity contribution in [3.05, 3.63) is 48.0 Å². The normalized spacial score (nSPS) is 29.4. The highest BCUT2D eigenvalue weighted by Gasteiger charge is 2.51. The van der Waals surface area contributed by atoms with Gasteiger partial charge in [-0.15, -0.1) is 0 Å². The van der Waals surface area contributed by atoms with Crippen LogP contribution in [0.3, 0.4) is 0 Å². The fraction of sp³-hybridized carbons (Fsp3) is 0.429. The summed E-state index contributed by atoms with van der Waals surface area (Å²) < 4.78 is 20.7. The van der Waals surface area contributed by atoms with Crippen molar-refractivity contribution < 1.29 is 9.13 Å². The van der Waals surface area contributed by atoms with Crippen molar-refractivity contribution in [3.8, 4) is 16.9 Å². The molecule has 2 aromatic rings. The molecule has 1 unspecified atom stereocenters. The molecule has 0 amide bonds. The summed E-state index contributed by atoms with van der Waals surface area (Å²) in [6, 6.07) is 9.46. The quantitative estimate of drug-likeness (QED) is 0.737. The van der Waals surface area contributed by atoms with Crippen molar-refractivity contribution in [1.29, 1.82) is 0 Å². The molecule has 0 bridgehead atoms. The van der Waals surface area contributed by atoms with Crippen LogP contribution in [0.5, 0.6) is 5.75 Å². The number of aliphatic imine (C=N–C) groups is 1. The molecule has 4 nitrogen and oxygen atoms in total. The molecule has 6 heteroatoms. The van der Waals surface area contributed by atoms with Crippen molar-refractivity contribution in [3.63, 3.8) is 0 Å². The number of nitrogens with two attached hydrogens (primary N) is 1. The fourth-order valence-corrected chi connectivity index (χ4v) is 5.80. The Bertz CT molecular complexity index is 918. The zero-order valence-electron chi connectivity index (χ0n) is 15.0. The summed E-state index contributed by atoms with van der Waals surface area (Å²) in [6.45, 7) is 0. The summed E-state index contributed by atoms with van der Waals surface area (Å²) in [7, 11) is 0. The van der Waals surface area contributed by atoms with Gasteiger partial charge in [-0.3, -0.25) is 4.99 Å². The van der Waals surface area contributed by atoms with Crippen molar-refractivity contribution in [2.75, 3.05) is 5.75 Å². The van der Waals surface area contributed by atoms with Gasteiger partial charge in [-0.25, -0.2) is 4.98 Å². The molecule has 1 saturated carbocycles. The maximum Gasteiger partial charge on any atom is 0.220 e. The van der Waals surface area contributed by atoms with Gasteiger partial charge in [0, 0.05) is 29.0 Å². The van der Waals surface area contributed by atoms with Gasteiger partial charge in [0.15, 0.2) is 5.17 Å². The Morgan fingerprint density at radius 1 is 1.22 bits per heavy atom. The van der Waals surface area contributed by atoms with Crippen LogP contribution in [-0.4, -0.2) is 22.0 Å². The van der Waals surface area contributed by atoms with E-state index >= 15 is 0 Å². The van der Waals surface area contributed by atoms with Gasteiger partial charge < -0.3 is 10.5 Å². The number of rotatable bonds is 1. The minimum atomic E-state index is -0.457. The van der Waals surface area contributed by atoms with E-state index in [1.807, 2.05) is 18.2 Å². The summed E-state index contributed by atoms with van der Waals surface area (Å²) in [6.07, 6.45) is 7.14. The number of amidine groups is 1. The Morgan fingerprint density at radius 2 is 2.11 bits per heavy atom. The SMILES string of the molecule is NC1=NC2(CCS1)c1cc(-c3cccnc3F)ccc1O[C@H]1CCCC[C@@H]12. The van der Waals surface area contributed by atoms with Gasteiger partial charge in [0.2, 0.25) is 5.95 Å². The maximum absolute atomic E-state index is 14.3. The number of ether oxygens (including phenoxy) is 1. The van der Waals surface area contributed by atoms with E-state index in [4.69, 9.17) is 15.5 Å². The van der Waals surface area contributed by atoms with Gasteiger partial charge in [0.25, 0.3) is 0 Å². The molecule has 3 atom stereocenters. The van der Waals surface area contributed by atoms with E-state index in [1.165, 1.54) is 19.0 Å². The Labute approximate surface area is 162 Å². The van der Waals surface area contributed by atoms with E-state index in [1.54, 1.807) is 23.9 Å². The Balaban J connectivity index is 1.70. The Hall–Kier alpha value is -2.08. The predicted octanol–water partition coefficient (Wildman–Crippen LogP) is 4.49. The van der Waals surface area contributed by atoms with Gasteiger partial charge in [-0.1, -0.05) is 24.2 Å². The molecule has 0 saturated heterocycles. The minimum absolute atomic E-state index is 0.187. The number of nitrogens with zero attached hydrogens (tertiary/aromatic N) is 2. The molecular weight excluding hydrogens is 361 g/mol. The second kappa shape index (κ2) is 6.51. The minimum Gasteiger partial charge on any atom is -0.490 e. The Morgan fingerprint density at radius 3 is 2.96 bits per heavy atom. The van der Waals surface area contributed by atoms with Crippen molar-refractivity contribution in [2.45, 2.75) is 43.7 Å². The lowest BCUT2D eigenvalue weighted by Gasteiger charge is -2.50. The lowest BCUT2D eigenvalue weighted by molar-refractivity contribution is 0.0158. The van der Waals surface area contributed by atoms with E-state index in [-0.39, 0.29) is 11.6 Å². The van der Waals surface area contributed by atoms with E-state index < -0.39 is 5.95 Å². The van der Waals surface area contributed by atoms with Crippen LogP contribution in [0.2, 0.25) is 0 Å². The summed E-state index contributed by atoms with van der Waals surface area (Å²) in [4.78, 5) is 8.82. The average molecular weight is 383 g/mol. The second-order valence-corrected chi connectivity index (χ2v) is 8.69. The molecule has 140 valence electrons. The third-order valence-corrected chi connectivity index (χ3v) is 6.95. The summed E-state index contributed by atoms with van der Waals surface area (Å²) >= 11 is 1.62. The number of thioether (sulfide) groups is 1. The first-order chi connectivity index (χ1) is 13.2. The molecule has 1 aromatic heterocycles. The summed E-state index contributed by atoms with van der Waals surface area (Å²) in [5.41, 5.74) is 8.20. The molecular formula is C21H22FN3OS. The molecule has 27 heavy (non-hydrogen) atoms. The van der Waals surface area contributed by atoms with E-state index in [2.05, 4.69) is 4.98 Å². The molecule has 1 aliphatic carbocycles. The third-order valence-electron chi connectivity index (χ3n) is 6.15. The zero-order valence-corrected chi connectivity index (χ0v) is 15.8. The van der Waals surface area contributed by atoms with Gasteiger partial charge in [-0.05, 0) is 55.5 Å². The molecule has 1 fully saturated rings. The van der Waals surface area contributed by atoms with Crippen LogP contribution in [-0.2, 0) is 5.54 Å². The molecule has 3 aliphatic rings. The molecule has 5 rings (SSSR count). The highest BCUT2D eigenvalue weighted by atomic mass is 32.2. The van der Waals surface area contributed by atoms with Gasteiger partial charge in [-0.2, -0.15) is 4.39 Å². The molecule has 1 aromatic carbocycles. The van der Waals surface area contributed by atoms with Crippen LogP contribution >= 0.6 is 11.8 Å². The first-order valence-electron chi connectivity index (χ1n) is 9.57. The van der Waals surface area contributed by atoms with Gasteiger partial charge >= 0.3 is 0 Å². The molecule has 1 spiro atoms. The largest absolute Gasteiger partial charge is 0.490 e. The van der Waals surface area contributed by atoms with E-state index in [0.29, 0.717) is 16.6 Å². The third kappa shape index (κ3) is 2.73. The number of pyridine rings is 1. The number of hydrogen-bond acceptors (Lipinski definition) is 5. The fourth-order valence-electron chi connectivity index (χ4n) is 4.95. The first kappa shape index (κ1) is 17.0. The topological polar surface area (TPSA) is 60.5 Å². The number of fused-ring (bicyclic) bond motifs is 4. The number of aromatic nitrogens is 1. The molecule has 3 heterocycles. The second-order valence-electron chi connectivity index (χ2n) is 7.57. The van der Waals surface area contributed by atoms with Crippen LogP contribution in [0.25, 0.3) is 11.1 Å². The smallest absolute Gasteiger partial charge is 0.220 e. The maximum atomic E-state index is 14.3. The average Bonchev–Trinajstić information content (AvgIpc) is 2.69. The lowest BCUT2D eigenvalue weighted by Crippen LogP contribution is -2.50.